The molecule has 124 valence electrons. The van der Waals surface area contributed by atoms with Gasteiger partial charge in [0.15, 0.2) is 12.1 Å². The van der Waals surface area contributed by atoms with E-state index < -0.39 is 11.9 Å². The molecule has 0 radical (unpaired) electrons. The molecule has 0 amide bonds. The van der Waals surface area contributed by atoms with Crippen molar-refractivity contribution >= 4 is 17.8 Å². The summed E-state index contributed by atoms with van der Waals surface area (Å²) in [4.78, 5) is 26.1. The minimum atomic E-state index is -1.28. The van der Waals surface area contributed by atoms with Crippen molar-refractivity contribution in [3.05, 3.63) is 65.2 Å². The number of ketones is 1. The largest absolute Gasteiger partial charge is 0.380 e. The molecule has 24 heavy (non-hydrogen) atoms. The number of hydrogen-bond acceptors (Lipinski definition) is 5. The predicted molar refractivity (Wildman–Crippen MR) is 90.6 cm³/mol. The van der Waals surface area contributed by atoms with Crippen molar-refractivity contribution in [1.82, 2.24) is 0 Å². The third-order valence-electron chi connectivity index (χ3n) is 4.17. The molecule has 0 aromatic heterocycles. The van der Waals surface area contributed by atoms with Gasteiger partial charge in [-0.3, -0.25) is 9.59 Å². The van der Waals surface area contributed by atoms with E-state index in [-0.39, 0.29) is 5.56 Å². The van der Waals surface area contributed by atoms with Crippen molar-refractivity contribution < 1.29 is 19.4 Å². The molecule has 0 spiro atoms. The van der Waals surface area contributed by atoms with Gasteiger partial charge in [0.05, 0.1) is 13.2 Å². The molecule has 1 saturated heterocycles. The van der Waals surface area contributed by atoms with Crippen LogP contribution in [0.25, 0.3) is 0 Å². The monoisotopic (exact) mass is 325 g/mol. The van der Waals surface area contributed by atoms with Crippen molar-refractivity contribution in [2.75, 3.05) is 31.2 Å². The molecule has 3 rings (SSSR count). The number of nitrogens with zero attached hydrogens (tertiary/aromatic N) is 1. The SMILES string of the molecule is O=Cc1cc(N2CCOCC2)ccc1C(=O)C(O)c1ccccc1. The lowest BCUT2D eigenvalue weighted by molar-refractivity contribution is 0.0745. The van der Waals surface area contributed by atoms with Gasteiger partial charge < -0.3 is 14.7 Å². The van der Waals surface area contributed by atoms with Gasteiger partial charge in [-0.15, -0.1) is 0 Å². The Morgan fingerprint density at radius 2 is 1.83 bits per heavy atom. The summed E-state index contributed by atoms with van der Waals surface area (Å²) >= 11 is 0. The van der Waals surface area contributed by atoms with E-state index in [4.69, 9.17) is 4.74 Å². The Morgan fingerprint density at radius 3 is 2.50 bits per heavy atom. The number of aliphatic hydroxyl groups is 1. The fourth-order valence-corrected chi connectivity index (χ4v) is 2.82. The minimum Gasteiger partial charge on any atom is -0.380 e. The molecule has 0 aliphatic carbocycles. The number of aliphatic hydroxyl groups excluding tert-OH is 1. The lowest BCUT2D eigenvalue weighted by atomic mass is 9.96. The number of ether oxygens (including phenoxy) is 1. The zero-order valence-electron chi connectivity index (χ0n) is 13.2. The van der Waals surface area contributed by atoms with Crippen LogP contribution in [0.1, 0.15) is 32.4 Å². The van der Waals surface area contributed by atoms with Crippen LogP contribution in [-0.4, -0.2) is 43.5 Å². The van der Waals surface area contributed by atoms with E-state index in [9.17, 15) is 14.7 Å². The van der Waals surface area contributed by atoms with E-state index in [0.29, 0.717) is 30.6 Å². The zero-order valence-corrected chi connectivity index (χ0v) is 13.2. The maximum Gasteiger partial charge on any atom is 0.196 e. The molecule has 5 heteroatoms. The highest BCUT2D eigenvalue weighted by Crippen LogP contribution is 2.24. The van der Waals surface area contributed by atoms with Gasteiger partial charge in [0.1, 0.15) is 6.10 Å². The molecule has 1 aliphatic rings. The molecule has 1 aliphatic heterocycles. The molecule has 1 atom stereocenters. The Balaban J connectivity index is 1.87. The third-order valence-corrected chi connectivity index (χ3v) is 4.17. The van der Waals surface area contributed by atoms with E-state index in [1.165, 1.54) is 0 Å². The highest BCUT2D eigenvalue weighted by molar-refractivity contribution is 6.06. The van der Waals surface area contributed by atoms with Crippen LogP contribution in [0.15, 0.2) is 48.5 Å². The average Bonchev–Trinajstić information content (AvgIpc) is 2.67. The number of Topliss-reactive ketones (excluding diaryl/α,β-unsaturated/α-hetero) is 1. The van der Waals surface area contributed by atoms with Crippen LogP contribution >= 0.6 is 0 Å². The molecule has 0 saturated carbocycles. The number of morpholine rings is 1. The summed E-state index contributed by atoms with van der Waals surface area (Å²) in [5.74, 6) is -0.475. The Hall–Kier alpha value is -2.50. The van der Waals surface area contributed by atoms with Crippen LogP contribution in [0.3, 0.4) is 0 Å². The van der Waals surface area contributed by atoms with E-state index in [2.05, 4.69) is 4.90 Å². The molecule has 5 nitrogen and oxygen atoms in total. The molecular weight excluding hydrogens is 306 g/mol. The second-order valence-electron chi connectivity index (χ2n) is 5.67. The molecular formula is C19H19NO4. The van der Waals surface area contributed by atoms with Crippen LogP contribution in [0.5, 0.6) is 0 Å². The standard InChI is InChI=1S/C19H19NO4/c21-13-15-12-16(20-8-10-24-11-9-20)6-7-17(15)19(23)18(22)14-4-2-1-3-5-14/h1-7,12-13,18,22H,8-11H2. The number of carbonyl (C=O) groups excluding carboxylic acids is 2. The number of aldehydes is 1. The van der Waals surface area contributed by atoms with Crippen molar-refractivity contribution in [1.29, 1.82) is 0 Å². The first-order valence-corrected chi connectivity index (χ1v) is 7.90. The molecule has 2 aromatic carbocycles. The van der Waals surface area contributed by atoms with Crippen LogP contribution in [0, 0.1) is 0 Å². The van der Waals surface area contributed by atoms with Crippen molar-refractivity contribution in [3.63, 3.8) is 0 Å². The fourth-order valence-electron chi connectivity index (χ4n) is 2.82. The lowest BCUT2D eigenvalue weighted by Gasteiger charge is -2.29. The topological polar surface area (TPSA) is 66.8 Å². The Bertz CT molecular complexity index is 723. The normalized spacial score (nSPS) is 15.8. The van der Waals surface area contributed by atoms with E-state index in [0.717, 1.165) is 18.8 Å². The van der Waals surface area contributed by atoms with Gasteiger partial charge in [-0.1, -0.05) is 30.3 Å². The number of rotatable bonds is 5. The molecule has 1 fully saturated rings. The van der Waals surface area contributed by atoms with Gasteiger partial charge in [-0.25, -0.2) is 0 Å². The maximum atomic E-state index is 12.6. The summed E-state index contributed by atoms with van der Waals surface area (Å²) in [6.45, 7) is 2.78. The zero-order chi connectivity index (χ0) is 16.9. The first-order valence-electron chi connectivity index (χ1n) is 7.90. The van der Waals surface area contributed by atoms with E-state index in [1.807, 2.05) is 12.1 Å². The van der Waals surface area contributed by atoms with Gasteiger partial charge in [0, 0.05) is 29.9 Å². The number of carbonyl (C=O) groups is 2. The average molecular weight is 325 g/mol. The van der Waals surface area contributed by atoms with E-state index in [1.54, 1.807) is 36.4 Å². The predicted octanol–water partition coefficient (Wildman–Crippen LogP) is 2.25. The Labute approximate surface area is 140 Å². The van der Waals surface area contributed by atoms with Gasteiger partial charge >= 0.3 is 0 Å². The minimum absolute atomic E-state index is 0.235. The molecule has 0 bridgehead atoms. The van der Waals surface area contributed by atoms with Crippen LogP contribution in [0.2, 0.25) is 0 Å². The molecule has 1 heterocycles. The van der Waals surface area contributed by atoms with Gasteiger partial charge in [0.25, 0.3) is 0 Å². The summed E-state index contributed by atoms with van der Waals surface area (Å²) in [5.41, 5.74) is 1.92. The first kappa shape index (κ1) is 16.4. The molecule has 1 unspecified atom stereocenters. The number of benzene rings is 2. The van der Waals surface area contributed by atoms with Crippen LogP contribution in [0.4, 0.5) is 5.69 Å². The second kappa shape index (κ2) is 7.38. The quantitative estimate of drug-likeness (QED) is 0.675. The van der Waals surface area contributed by atoms with Crippen LogP contribution < -0.4 is 4.90 Å². The van der Waals surface area contributed by atoms with Crippen molar-refractivity contribution in [3.8, 4) is 0 Å². The summed E-state index contributed by atoms with van der Waals surface area (Å²) in [6, 6.07) is 13.8. The third kappa shape index (κ3) is 3.37. The van der Waals surface area contributed by atoms with Crippen molar-refractivity contribution in [2.45, 2.75) is 6.10 Å². The Kier molecular flexibility index (Phi) is 5.03. The van der Waals surface area contributed by atoms with E-state index >= 15 is 0 Å². The first-order chi connectivity index (χ1) is 11.7. The second-order valence-corrected chi connectivity index (χ2v) is 5.67. The molecule has 1 N–H and O–H groups in total. The fraction of sp³-hybridized carbons (Fsp3) is 0.263. The smallest absolute Gasteiger partial charge is 0.196 e. The van der Waals surface area contributed by atoms with Gasteiger partial charge in [-0.2, -0.15) is 0 Å². The maximum absolute atomic E-state index is 12.6. The lowest BCUT2D eigenvalue weighted by Crippen LogP contribution is -2.36. The summed E-state index contributed by atoms with van der Waals surface area (Å²) in [6.07, 6.45) is -0.617. The highest BCUT2D eigenvalue weighted by Gasteiger charge is 2.22. The van der Waals surface area contributed by atoms with Crippen molar-refractivity contribution in [2.24, 2.45) is 0 Å². The number of anilines is 1. The highest BCUT2D eigenvalue weighted by atomic mass is 16.5. The Morgan fingerprint density at radius 1 is 1.12 bits per heavy atom. The summed E-state index contributed by atoms with van der Waals surface area (Å²) < 4.78 is 5.32. The number of hydrogen-bond donors (Lipinski definition) is 1. The van der Waals surface area contributed by atoms with Crippen LogP contribution in [-0.2, 0) is 4.74 Å². The molecule has 2 aromatic rings. The van der Waals surface area contributed by atoms with Gasteiger partial charge in [0.2, 0.25) is 0 Å². The summed E-state index contributed by atoms with van der Waals surface area (Å²) in [5, 5.41) is 10.3. The van der Waals surface area contributed by atoms with Gasteiger partial charge in [-0.05, 0) is 23.8 Å². The summed E-state index contributed by atoms with van der Waals surface area (Å²) in [7, 11) is 0.